The summed E-state index contributed by atoms with van der Waals surface area (Å²) in [5, 5.41) is 20.2. The molecular formula is C27H46O2. The summed E-state index contributed by atoms with van der Waals surface area (Å²) in [6.45, 7) is 15.2. The second kappa shape index (κ2) is 11.0. The van der Waals surface area contributed by atoms with Gasteiger partial charge in [-0.1, -0.05) is 83.8 Å². The van der Waals surface area contributed by atoms with E-state index in [1.54, 1.807) is 5.57 Å². The van der Waals surface area contributed by atoms with Gasteiger partial charge in [0.25, 0.3) is 0 Å². The maximum atomic E-state index is 10.1. The quantitative estimate of drug-likeness (QED) is 0.487. The van der Waals surface area contributed by atoms with E-state index in [0.29, 0.717) is 23.8 Å². The minimum Gasteiger partial charge on any atom is -0.388 e. The van der Waals surface area contributed by atoms with E-state index in [0.717, 1.165) is 23.3 Å². The summed E-state index contributed by atoms with van der Waals surface area (Å²) < 4.78 is 0. The number of aliphatic hydroxyl groups is 2. The molecule has 3 aliphatic carbocycles. The van der Waals surface area contributed by atoms with Crippen LogP contribution in [0.25, 0.3) is 0 Å². The highest BCUT2D eigenvalue weighted by Crippen LogP contribution is 2.59. The van der Waals surface area contributed by atoms with Crippen LogP contribution >= 0.6 is 0 Å². The molecule has 0 aliphatic heterocycles. The van der Waals surface area contributed by atoms with E-state index in [1.165, 1.54) is 51.4 Å². The molecular weight excluding hydrogens is 356 g/mol. The fourth-order valence-electron chi connectivity index (χ4n) is 6.37. The molecule has 6 atom stereocenters. The third kappa shape index (κ3) is 5.44. The fraction of sp³-hybridized carbons (Fsp3) is 0.778. The van der Waals surface area contributed by atoms with Crippen LogP contribution in [0.1, 0.15) is 98.8 Å². The van der Waals surface area contributed by atoms with Gasteiger partial charge in [-0.25, -0.2) is 0 Å². The summed E-state index contributed by atoms with van der Waals surface area (Å²) in [4.78, 5) is 0. The van der Waals surface area contributed by atoms with Gasteiger partial charge in [0.1, 0.15) is 0 Å². The van der Waals surface area contributed by atoms with Crippen LogP contribution in [0.2, 0.25) is 0 Å². The monoisotopic (exact) mass is 402 g/mol. The van der Waals surface area contributed by atoms with E-state index in [2.05, 4.69) is 39.5 Å². The van der Waals surface area contributed by atoms with Crippen LogP contribution in [-0.4, -0.2) is 22.4 Å². The highest BCUT2D eigenvalue weighted by atomic mass is 16.3. The van der Waals surface area contributed by atoms with Crippen LogP contribution in [0.4, 0.5) is 0 Å². The predicted octanol–water partition coefficient (Wildman–Crippen LogP) is 6.98. The van der Waals surface area contributed by atoms with Crippen molar-refractivity contribution < 1.29 is 10.2 Å². The first-order valence-corrected chi connectivity index (χ1v) is 12.3. The molecule has 166 valence electrons. The normalized spacial score (nSPS) is 37.0. The molecule has 0 radical (unpaired) electrons. The predicted molar refractivity (Wildman–Crippen MR) is 125 cm³/mol. The molecule has 2 N–H and O–H groups in total. The standard InChI is InChI=1S/C25H40O2.C2H6/c1-5-6-8-17(2)21-12-13-22-20(9-7-14-25(21,22)4)11-10-19-15-23(26)18(3)24(27)16-19;1-2/h10-11,17,21-24,26-27H,3,5-9,12-16H2,1-2,4H3;1-2H3/b20-11+;/t17-,21?,22-,23+,24+,25+;/m0./s1. The number of hydrogen-bond donors (Lipinski definition) is 2. The topological polar surface area (TPSA) is 40.5 Å². The first-order valence-electron chi connectivity index (χ1n) is 12.3. The van der Waals surface area contributed by atoms with Crippen molar-refractivity contribution in [3.8, 4) is 0 Å². The Labute approximate surface area is 180 Å². The molecule has 0 amide bonds. The van der Waals surface area contributed by atoms with Crippen LogP contribution in [0.3, 0.4) is 0 Å². The lowest BCUT2D eigenvalue weighted by atomic mass is 9.60. The minimum atomic E-state index is -0.592. The van der Waals surface area contributed by atoms with E-state index in [4.69, 9.17) is 0 Å². The van der Waals surface area contributed by atoms with Crippen LogP contribution in [0.5, 0.6) is 0 Å². The molecule has 1 unspecified atom stereocenters. The lowest BCUT2D eigenvalue weighted by Crippen LogP contribution is -2.36. The lowest BCUT2D eigenvalue weighted by Gasteiger charge is -2.44. The molecule has 3 saturated carbocycles. The number of allylic oxidation sites excluding steroid dienone is 3. The van der Waals surface area contributed by atoms with E-state index >= 15 is 0 Å². The molecule has 0 aromatic rings. The summed E-state index contributed by atoms with van der Waals surface area (Å²) >= 11 is 0. The van der Waals surface area contributed by atoms with Gasteiger partial charge in [0.05, 0.1) is 12.2 Å². The largest absolute Gasteiger partial charge is 0.388 e. The molecule has 2 heteroatoms. The minimum absolute atomic E-state index is 0.468. The first-order chi connectivity index (χ1) is 13.9. The Morgan fingerprint density at radius 3 is 2.41 bits per heavy atom. The van der Waals surface area contributed by atoms with Crippen LogP contribution in [0, 0.1) is 23.2 Å². The molecule has 0 heterocycles. The molecule has 0 bridgehead atoms. The summed E-state index contributed by atoms with van der Waals surface area (Å²) in [6, 6.07) is 0. The van der Waals surface area contributed by atoms with Gasteiger partial charge in [0.15, 0.2) is 0 Å². The smallest absolute Gasteiger partial charge is 0.0809 e. The van der Waals surface area contributed by atoms with Crippen molar-refractivity contribution in [2.75, 3.05) is 0 Å². The maximum Gasteiger partial charge on any atom is 0.0809 e. The number of rotatable bonds is 5. The summed E-state index contributed by atoms with van der Waals surface area (Å²) in [6.07, 6.45) is 15.3. The van der Waals surface area contributed by atoms with Crippen molar-refractivity contribution in [3.05, 3.63) is 35.5 Å². The third-order valence-corrected chi connectivity index (χ3v) is 8.04. The number of hydrogen-bond acceptors (Lipinski definition) is 2. The van der Waals surface area contributed by atoms with E-state index in [9.17, 15) is 10.2 Å². The Balaban J connectivity index is 0.00000145. The second-order valence-electron chi connectivity index (χ2n) is 9.80. The molecule has 3 aliphatic rings. The van der Waals surface area contributed by atoms with Crippen LogP contribution < -0.4 is 0 Å². The van der Waals surface area contributed by atoms with Gasteiger partial charge in [-0.05, 0) is 73.7 Å². The van der Waals surface area contributed by atoms with Crippen molar-refractivity contribution in [1.82, 2.24) is 0 Å². The van der Waals surface area contributed by atoms with Gasteiger partial charge in [0.2, 0.25) is 0 Å². The van der Waals surface area contributed by atoms with Crippen LogP contribution in [-0.2, 0) is 0 Å². The molecule has 29 heavy (non-hydrogen) atoms. The van der Waals surface area contributed by atoms with Gasteiger partial charge < -0.3 is 10.2 Å². The van der Waals surface area contributed by atoms with Gasteiger partial charge in [-0.2, -0.15) is 0 Å². The van der Waals surface area contributed by atoms with Crippen molar-refractivity contribution in [3.63, 3.8) is 0 Å². The zero-order valence-electron chi connectivity index (χ0n) is 19.7. The number of unbranched alkanes of at least 4 members (excludes halogenated alkanes) is 1. The van der Waals surface area contributed by atoms with Gasteiger partial charge in [-0.3, -0.25) is 0 Å². The zero-order chi connectivity index (χ0) is 21.6. The fourth-order valence-corrected chi connectivity index (χ4v) is 6.37. The molecule has 2 nitrogen and oxygen atoms in total. The summed E-state index contributed by atoms with van der Waals surface area (Å²) in [5.41, 5.74) is 3.82. The molecule has 3 rings (SSSR count). The van der Waals surface area contributed by atoms with Gasteiger partial charge in [-0.15, -0.1) is 0 Å². The molecule has 3 fully saturated rings. The Kier molecular flexibility index (Phi) is 9.22. The van der Waals surface area contributed by atoms with E-state index in [1.807, 2.05) is 13.8 Å². The Bertz CT molecular complexity index is 586. The molecule has 0 saturated heterocycles. The Morgan fingerprint density at radius 2 is 1.79 bits per heavy atom. The highest BCUT2D eigenvalue weighted by molar-refractivity contribution is 5.29. The van der Waals surface area contributed by atoms with E-state index in [-0.39, 0.29) is 0 Å². The average molecular weight is 403 g/mol. The molecule has 0 aromatic heterocycles. The summed E-state index contributed by atoms with van der Waals surface area (Å²) in [5.74, 6) is 2.44. The van der Waals surface area contributed by atoms with Crippen molar-refractivity contribution in [1.29, 1.82) is 0 Å². The van der Waals surface area contributed by atoms with Gasteiger partial charge in [0, 0.05) is 0 Å². The molecule has 0 aromatic carbocycles. The summed E-state index contributed by atoms with van der Waals surface area (Å²) in [7, 11) is 0. The third-order valence-electron chi connectivity index (χ3n) is 8.04. The first kappa shape index (κ1) is 24.4. The number of fused-ring (bicyclic) bond motifs is 1. The second-order valence-corrected chi connectivity index (χ2v) is 9.80. The van der Waals surface area contributed by atoms with Crippen molar-refractivity contribution in [2.45, 2.75) is 111 Å². The SMILES string of the molecule is C=C1[C@H](O)CC(=C/C=C2\CCC[C@]3(C)C([C@@H](C)CCCC)CC[C@@H]23)C[C@H]1O.CC. The van der Waals surface area contributed by atoms with Gasteiger partial charge >= 0.3 is 0 Å². The zero-order valence-corrected chi connectivity index (χ0v) is 19.7. The highest BCUT2D eigenvalue weighted by Gasteiger charge is 2.50. The van der Waals surface area contributed by atoms with Crippen molar-refractivity contribution in [2.24, 2.45) is 23.2 Å². The lowest BCUT2D eigenvalue weighted by molar-refractivity contribution is 0.0934. The Hall–Kier alpha value is -0.860. The Morgan fingerprint density at radius 1 is 1.14 bits per heavy atom. The van der Waals surface area contributed by atoms with Crippen LogP contribution in [0.15, 0.2) is 35.5 Å². The van der Waals surface area contributed by atoms with Crippen molar-refractivity contribution >= 4 is 0 Å². The van der Waals surface area contributed by atoms with E-state index < -0.39 is 12.2 Å². The average Bonchev–Trinajstić information content (AvgIpc) is 3.07. The maximum absolute atomic E-state index is 10.1. The number of aliphatic hydroxyl groups excluding tert-OH is 2. The molecule has 0 spiro atoms.